The molecule has 3 nitrogen and oxygen atoms in total. The molecule has 0 saturated carbocycles. The fraction of sp³-hybridized carbons (Fsp3) is 0.429. The normalized spacial score (nSPS) is 16.5. The van der Waals surface area contributed by atoms with E-state index < -0.39 is 0 Å². The minimum atomic E-state index is 0.813. The molecule has 1 fully saturated rings. The number of piperazine rings is 1. The fourth-order valence-corrected chi connectivity index (χ4v) is 4.97. The van der Waals surface area contributed by atoms with Crippen molar-refractivity contribution in [1.82, 2.24) is 9.80 Å². The van der Waals surface area contributed by atoms with Crippen LogP contribution in [0.25, 0.3) is 10.1 Å². The summed E-state index contributed by atoms with van der Waals surface area (Å²) >= 11 is 3.67. The summed E-state index contributed by atoms with van der Waals surface area (Å²) in [6.45, 7) is 8.46. The first kappa shape index (κ1) is 18.1. The molecule has 3 heterocycles. The van der Waals surface area contributed by atoms with Gasteiger partial charge in [0.1, 0.15) is 0 Å². The van der Waals surface area contributed by atoms with Gasteiger partial charge in [0.05, 0.1) is 13.2 Å². The Bertz CT molecular complexity index is 791. The fourth-order valence-electron chi connectivity index (χ4n) is 3.45. The third kappa shape index (κ3) is 4.93. The smallest absolute Gasteiger partial charge is 0.0593 e. The van der Waals surface area contributed by atoms with Crippen molar-refractivity contribution in [3.05, 3.63) is 57.6 Å². The summed E-state index contributed by atoms with van der Waals surface area (Å²) in [6, 6.07) is 13.3. The van der Waals surface area contributed by atoms with Crippen molar-refractivity contribution in [1.29, 1.82) is 0 Å². The Morgan fingerprint density at radius 1 is 0.885 bits per heavy atom. The average Bonchev–Trinajstić information content (AvgIpc) is 3.34. The molecule has 0 atom stereocenters. The zero-order chi connectivity index (χ0) is 17.6. The largest absolute Gasteiger partial charge is 0.380 e. The molecule has 3 aromatic rings. The molecule has 0 spiro atoms. The molecular weight excluding hydrogens is 360 g/mol. The van der Waals surface area contributed by atoms with Gasteiger partial charge in [0.2, 0.25) is 0 Å². The molecule has 0 unspecified atom stereocenters. The van der Waals surface area contributed by atoms with Crippen LogP contribution in [0.4, 0.5) is 0 Å². The average molecular weight is 387 g/mol. The molecule has 0 bridgehead atoms. The third-order valence-corrected chi connectivity index (χ3v) is 6.79. The van der Waals surface area contributed by atoms with Gasteiger partial charge in [0.25, 0.3) is 0 Å². The van der Waals surface area contributed by atoms with Crippen LogP contribution in [-0.2, 0) is 17.7 Å². The molecule has 138 valence electrons. The maximum atomic E-state index is 5.89. The van der Waals surface area contributed by atoms with Crippen LogP contribution >= 0.6 is 22.7 Å². The van der Waals surface area contributed by atoms with Gasteiger partial charge in [0.15, 0.2) is 0 Å². The van der Waals surface area contributed by atoms with Crippen LogP contribution in [0.5, 0.6) is 0 Å². The molecule has 0 radical (unpaired) electrons. The minimum Gasteiger partial charge on any atom is -0.380 e. The quantitative estimate of drug-likeness (QED) is 0.536. The maximum Gasteiger partial charge on any atom is 0.0593 e. The van der Waals surface area contributed by atoms with E-state index in [2.05, 4.69) is 57.0 Å². The third-order valence-electron chi connectivity index (χ3n) is 5.03. The summed E-state index contributed by atoms with van der Waals surface area (Å²) in [5.41, 5.74) is 1.37. The number of thiophene rings is 2. The van der Waals surface area contributed by atoms with Gasteiger partial charge >= 0.3 is 0 Å². The van der Waals surface area contributed by atoms with Gasteiger partial charge in [-0.15, -0.1) is 22.7 Å². The van der Waals surface area contributed by atoms with Crippen molar-refractivity contribution in [3.8, 4) is 0 Å². The second kappa shape index (κ2) is 9.11. The molecule has 0 N–H and O–H groups in total. The van der Waals surface area contributed by atoms with Crippen molar-refractivity contribution in [2.75, 3.05) is 45.9 Å². The number of hydrogen-bond donors (Lipinski definition) is 0. The van der Waals surface area contributed by atoms with Gasteiger partial charge in [-0.2, -0.15) is 0 Å². The molecule has 5 heteroatoms. The molecule has 1 saturated heterocycles. The highest BCUT2D eigenvalue weighted by atomic mass is 32.1. The number of benzene rings is 1. The molecule has 4 rings (SSSR count). The Balaban J connectivity index is 1.10. The lowest BCUT2D eigenvalue weighted by molar-refractivity contribution is 0.0750. The van der Waals surface area contributed by atoms with Crippen LogP contribution in [0, 0.1) is 0 Å². The van der Waals surface area contributed by atoms with E-state index >= 15 is 0 Å². The van der Waals surface area contributed by atoms with E-state index in [1.54, 1.807) is 11.3 Å². The Morgan fingerprint density at radius 3 is 2.62 bits per heavy atom. The molecule has 26 heavy (non-hydrogen) atoms. The summed E-state index contributed by atoms with van der Waals surface area (Å²) in [6.07, 6.45) is 1.00. The maximum absolute atomic E-state index is 5.89. The van der Waals surface area contributed by atoms with Crippen molar-refractivity contribution in [2.24, 2.45) is 0 Å². The van der Waals surface area contributed by atoms with Crippen molar-refractivity contribution in [3.63, 3.8) is 0 Å². The molecule has 0 amide bonds. The monoisotopic (exact) mass is 386 g/mol. The first-order valence-corrected chi connectivity index (χ1v) is 11.1. The summed E-state index contributed by atoms with van der Waals surface area (Å²) in [5.74, 6) is 0. The van der Waals surface area contributed by atoms with Crippen LogP contribution in [0.1, 0.15) is 10.4 Å². The van der Waals surface area contributed by atoms with Crippen LogP contribution in [-0.4, -0.2) is 55.7 Å². The standard InChI is InChI=1S/C21H26N2OS2/c1-2-20(25-14-1)17-23-9-7-22(8-10-23)11-13-24-12-5-18-3-4-21-19(16-18)6-15-26-21/h1-4,6,14-16H,5,7-13,17H2. The lowest BCUT2D eigenvalue weighted by Crippen LogP contribution is -2.46. The zero-order valence-electron chi connectivity index (χ0n) is 15.1. The highest BCUT2D eigenvalue weighted by molar-refractivity contribution is 7.17. The first-order valence-electron chi connectivity index (χ1n) is 9.38. The Hall–Kier alpha value is -1.24. The van der Waals surface area contributed by atoms with Crippen LogP contribution in [0.15, 0.2) is 47.2 Å². The van der Waals surface area contributed by atoms with Crippen molar-refractivity contribution < 1.29 is 4.74 Å². The van der Waals surface area contributed by atoms with E-state index in [1.807, 2.05) is 11.3 Å². The Morgan fingerprint density at radius 2 is 1.77 bits per heavy atom. The number of hydrogen-bond acceptors (Lipinski definition) is 5. The molecule has 2 aromatic heterocycles. The van der Waals surface area contributed by atoms with Gasteiger partial charge in [-0.3, -0.25) is 9.80 Å². The van der Waals surface area contributed by atoms with Gasteiger partial charge < -0.3 is 4.74 Å². The molecule has 1 aliphatic heterocycles. The Labute approximate surface area is 163 Å². The lowest BCUT2D eigenvalue weighted by Gasteiger charge is -2.34. The summed E-state index contributed by atoms with van der Waals surface area (Å²) in [5, 5.41) is 5.68. The predicted octanol–water partition coefficient (Wildman–Crippen LogP) is 4.34. The van der Waals surface area contributed by atoms with E-state index in [-0.39, 0.29) is 0 Å². The van der Waals surface area contributed by atoms with Gasteiger partial charge in [-0.25, -0.2) is 0 Å². The highest BCUT2D eigenvalue weighted by Gasteiger charge is 2.16. The van der Waals surface area contributed by atoms with E-state index in [0.29, 0.717) is 0 Å². The van der Waals surface area contributed by atoms with Crippen molar-refractivity contribution in [2.45, 2.75) is 13.0 Å². The van der Waals surface area contributed by atoms with Gasteiger partial charge in [-0.1, -0.05) is 18.2 Å². The number of fused-ring (bicyclic) bond motifs is 1. The second-order valence-electron chi connectivity index (χ2n) is 6.85. The second-order valence-corrected chi connectivity index (χ2v) is 8.83. The van der Waals surface area contributed by atoms with E-state index in [1.165, 1.54) is 33.6 Å². The predicted molar refractivity (Wildman–Crippen MR) is 112 cm³/mol. The van der Waals surface area contributed by atoms with Crippen LogP contribution in [0.2, 0.25) is 0 Å². The minimum absolute atomic E-state index is 0.813. The summed E-state index contributed by atoms with van der Waals surface area (Å²) < 4.78 is 7.26. The van der Waals surface area contributed by atoms with Crippen LogP contribution < -0.4 is 0 Å². The Kier molecular flexibility index (Phi) is 6.35. The van der Waals surface area contributed by atoms with Crippen LogP contribution in [0.3, 0.4) is 0 Å². The zero-order valence-corrected chi connectivity index (χ0v) is 16.7. The summed E-state index contributed by atoms with van der Waals surface area (Å²) in [4.78, 5) is 6.56. The van der Waals surface area contributed by atoms with E-state index in [4.69, 9.17) is 4.74 Å². The number of nitrogens with zero attached hydrogens (tertiary/aromatic N) is 2. The van der Waals surface area contributed by atoms with E-state index in [0.717, 1.165) is 45.8 Å². The number of rotatable bonds is 8. The van der Waals surface area contributed by atoms with E-state index in [9.17, 15) is 0 Å². The molecular formula is C21H26N2OS2. The highest BCUT2D eigenvalue weighted by Crippen LogP contribution is 2.22. The number of ether oxygens (including phenoxy) is 1. The first-order chi connectivity index (χ1) is 12.9. The summed E-state index contributed by atoms with van der Waals surface area (Å²) in [7, 11) is 0. The SMILES string of the molecule is c1csc(CN2CCN(CCOCCc3ccc4sccc4c3)CC2)c1. The topological polar surface area (TPSA) is 15.7 Å². The lowest BCUT2D eigenvalue weighted by atomic mass is 10.1. The molecule has 1 aromatic carbocycles. The molecule has 0 aliphatic carbocycles. The van der Waals surface area contributed by atoms with Gasteiger partial charge in [0, 0.05) is 48.8 Å². The molecule has 1 aliphatic rings. The van der Waals surface area contributed by atoms with Gasteiger partial charge in [-0.05, 0) is 46.3 Å². The van der Waals surface area contributed by atoms with Crippen molar-refractivity contribution >= 4 is 32.8 Å².